The summed E-state index contributed by atoms with van der Waals surface area (Å²) in [6, 6.07) is 13.1. The van der Waals surface area contributed by atoms with E-state index in [9.17, 15) is 4.79 Å². The summed E-state index contributed by atoms with van der Waals surface area (Å²) in [5.41, 5.74) is 2.44. The van der Waals surface area contributed by atoms with Crippen LogP contribution < -0.4 is 5.32 Å². The predicted molar refractivity (Wildman–Crippen MR) is 74.3 cm³/mol. The van der Waals surface area contributed by atoms with Crippen molar-refractivity contribution in [2.45, 2.75) is 13.5 Å². The van der Waals surface area contributed by atoms with Gasteiger partial charge in [0.1, 0.15) is 0 Å². The second-order valence-electron chi connectivity index (χ2n) is 3.96. The highest BCUT2D eigenvalue weighted by Crippen LogP contribution is 2.11. The predicted octanol–water partition coefficient (Wildman–Crippen LogP) is 3.08. The third-order valence-electron chi connectivity index (χ3n) is 2.46. The van der Waals surface area contributed by atoms with E-state index in [0.29, 0.717) is 12.1 Å². The number of halogens is 1. The smallest absolute Gasteiger partial charge is 0.251 e. The third kappa shape index (κ3) is 3.40. The summed E-state index contributed by atoms with van der Waals surface area (Å²) in [6.45, 7) is 2.37. The molecule has 1 N–H and O–H groups in total. The minimum atomic E-state index is -0.0976. The van der Waals surface area contributed by atoms with Crippen LogP contribution in [0.4, 0.5) is 0 Å². The lowest BCUT2D eigenvalue weighted by molar-refractivity contribution is 0.0950. The molecule has 18 heavy (non-hydrogen) atoms. The van der Waals surface area contributed by atoms with Gasteiger partial charge in [0, 0.05) is 15.7 Å². The molecular formula is C14H13BrN2O. The quantitative estimate of drug-likeness (QED) is 0.947. The molecule has 0 spiro atoms. The minimum Gasteiger partial charge on any atom is -0.346 e. The average molecular weight is 305 g/mol. The summed E-state index contributed by atoms with van der Waals surface area (Å²) >= 11 is 3.34. The Morgan fingerprint density at radius 3 is 2.78 bits per heavy atom. The van der Waals surface area contributed by atoms with Crippen molar-refractivity contribution in [3.05, 3.63) is 63.9 Å². The van der Waals surface area contributed by atoms with E-state index in [1.165, 1.54) is 0 Å². The molecule has 0 unspecified atom stereocenters. The lowest BCUT2D eigenvalue weighted by Gasteiger charge is -2.05. The second-order valence-corrected chi connectivity index (χ2v) is 4.88. The van der Waals surface area contributed by atoms with Crippen molar-refractivity contribution in [2.24, 2.45) is 0 Å². The fourth-order valence-corrected chi connectivity index (χ4v) is 2.00. The number of aromatic nitrogens is 1. The number of rotatable bonds is 3. The van der Waals surface area contributed by atoms with Crippen molar-refractivity contribution in [1.82, 2.24) is 10.3 Å². The molecule has 2 aromatic rings. The zero-order valence-corrected chi connectivity index (χ0v) is 11.6. The molecule has 1 aromatic heterocycles. The molecule has 1 aromatic carbocycles. The number of carbonyl (C=O) groups excluding carboxylic acids is 1. The first-order chi connectivity index (χ1) is 8.65. The summed E-state index contributed by atoms with van der Waals surface area (Å²) in [4.78, 5) is 16.2. The SMILES string of the molecule is Cc1cccc(CNC(=O)c2cccc(Br)c2)n1. The van der Waals surface area contributed by atoms with Crippen LogP contribution in [0.15, 0.2) is 46.9 Å². The van der Waals surface area contributed by atoms with Crippen LogP contribution in [0, 0.1) is 6.92 Å². The Kier molecular flexibility index (Phi) is 4.10. The van der Waals surface area contributed by atoms with E-state index >= 15 is 0 Å². The molecule has 2 rings (SSSR count). The lowest BCUT2D eigenvalue weighted by atomic mass is 10.2. The van der Waals surface area contributed by atoms with Crippen LogP contribution in [0.2, 0.25) is 0 Å². The van der Waals surface area contributed by atoms with Crippen molar-refractivity contribution in [2.75, 3.05) is 0 Å². The summed E-state index contributed by atoms with van der Waals surface area (Å²) in [5, 5.41) is 2.85. The number of amides is 1. The Morgan fingerprint density at radius 1 is 1.28 bits per heavy atom. The maximum atomic E-state index is 11.9. The molecule has 0 bridgehead atoms. The average Bonchev–Trinajstić information content (AvgIpc) is 2.36. The highest BCUT2D eigenvalue weighted by atomic mass is 79.9. The Hall–Kier alpha value is -1.68. The summed E-state index contributed by atoms with van der Waals surface area (Å²) in [6.07, 6.45) is 0. The standard InChI is InChI=1S/C14H13BrN2O/c1-10-4-2-7-13(17-10)9-16-14(18)11-5-3-6-12(15)8-11/h2-8H,9H2,1H3,(H,16,18). The van der Waals surface area contributed by atoms with Gasteiger partial charge in [0.25, 0.3) is 5.91 Å². The molecule has 4 heteroatoms. The molecule has 0 aliphatic rings. The van der Waals surface area contributed by atoms with Crippen molar-refractivity contribution in [3.63, 3.8) is 0 Å². The molecule has 0 saturated carbocycles. The van der Waals surface area contributed by atoms with Crippen molar-refractivity contribution in [3.8, 4) is 0 Å². The van der Waals surface area contributed by atoms with Gasteiger partial charge in [0.2, 0.25) is 0 Å². The van der Waals surface area contributed by atoms with Gasteiger partial charge in [-0.15, -0.1) is 0 Å². The minimum absolute atomic E-state index is 0.0976. The summed E-state index contributed by atoms with van der Waals surface area (Å²) < 4.78 is 0.892. The maximum Gasteiger partial charge on any atom is 0.251 e. The van der Waals surface area contributed by atoms with Crippen LogP contribution in [-0.2, 0) is 6.54 Å². The molecule has 3 nitrogen and oxygen atoms in total. The van der Waals surface area contributed by atoms with E-state index in [2.05, 4.69) is 26.2 Å². The van der Waals surface area contributed by atoms with E-state index in [1.807, 2.05) is 37.3 Å². The largest absolute Gasteiger partial charge is 0.346 e. The molecule has 0 atom stereocenters. The summed E-state index contributed by atoms with van der Waals surface area (Å²) in [5.74, 6) is -0.0976. The van der Waals surface area contributed by atoms with E-state index in [4.69, 9.17) is 0 Å². The van der Waals surface area contributed by atoms with E-state index in [-0.39, 0.29) is 5.91 Å². The van der Waals surface area contributed by atoms with Crippen LogP contribution in [0.25, 0.3) is 0 Å². The molecule has 0 aliphatic heterocycles. The second kappa shape index (κ2) is 5.78. The number of nitrogens with one attached hydrogen (secondary N) is 1. The first-order valence-electron chi connectivity index (χ1n) is 5.61. The van der Waals surface area contributed by atoms with Gasteiger partial charge in [-0.1, -0.05) is 28.1 Å². The van der Waals surface area contributed by atoms with Crippen LogP contribution in [-0.4, -0.2) is 10.9 Å². The van der Waals surface area contributed by atoms with Crippen LogP contribution >= 0.6 is 15.9 Å². The first-order valence-corrected chi connectivity index (χ1v) is 6.41. The topological polar surface area (TPSA) is 42.0 Å². The van der Waals surface area contributed by atoms with E-state index < -0.39 is 0 Å². The number of pyridine rings is 1. The first kappa shape index (κ1) is 12.8. The zero-order chi connectivity index (χ0) is 13.0. The van der Waals surface area contributed by atoms with Gasteiger partial charge in [0.15, 0.2) is 0 Å². The fourth-order valence-electron chi connectivity index (χ4n) is 1.60. The van der Waals surface area contributed by atoms with Crippen molar-refractivity contribution >= 4 is 21.8 Å². The normalized spacial score (nSPS) is 10.1. The van der Waals surface area contributed by atoms with Gasteiger partial charge in [-0.2, -0.15) is 0 Å². The monoisotopic (exact) mass is 304 g/mol. The zero-order valence-electron chi connectivity index (χ0n) is 9.98. The van der Waals surface area contributed by atoms with Crippen LogP contribution in [0.5, 0.6) is 0 Å². The Bertz CT molecular complexity index is 569. The fraction of sp³-hybridized carbons (Fsp3) is 0.143. The van der Waals surface area contributed by atoms with Crippen LogP contribution in [0.3, 0.4) is 0 Å². The molecule has 0 aliphatic carbocycles. The maximum absolute atomic E-state index is 11.9. The number of benzene rings is 1. The van der Waals surface area contributed by atoms with Gasteiger partial charge in [-0.05, 0) is 37.3 Å². The van der Waals surface area contributed by atoms with Crippen LogP contribution in [0.1, 0.15) is 21.7 Å². The molecule has 1 heterocycles. The Morgan fingerprint density at radius 2 is 2.06 bits per heavy atom. The van der Waals surface area contributed by atoms with E-state index in [1.54, 1.807) is 12.1 Å². The molecular weight excluding hydrogens is 292 g/mol. The van der Waals surface area contributed by atoms with Crippen molar-refractivity contribution in [1.29, 1.82) is 0 Å². The number of nitrogens with zero attached hydrogens (tertiary/aromatic N) is 1. The van der Waals surface area contributed by atoms with Gasteiger partial charge >= 0.3 is 0 Å². The van der Waals surface area contributed by atoms with Gasteiger partial charge < -0.3 is 5.32 Å². The summed E-state index contributed by atoms with van der Waals surface area (Å²) in [7, 11) is 0. The highest BCUT2D eigenvalue weighted by Gasteiger charge is 2.05. The Labute approximate surface area is 114 Å². The lowest BCUT2D eigenvalue weighted by Crippen LogP contribution is -2.23. The number of aryl methyl sites for hydroxylation is 1. The number of hydrogen-bond acceptors (Lipinski definition) is 2. The van der Waals surface area contributed by atoms with Crippen molar-refractivity contribution < 1.29 is 4.79 Å². The highest BCUT2D eigenvalue weighted by molar-refractivity contribution is 9.10. The third-order valence-corrected chi connectivity index (χ3v) is 2.96. The van der Waals surface area contributed by atoms with E-state index in [0.717, 1.165) is 15.9 Å². The van der Waals surface area contributed by atoms with Gasteiger partial charge in [-0.25, -0.2) is 0 Å². The molecule has 0 radical (unpaired) electrons. The molecule has 92 valence electrons. The number of hydrogen-bond donors (Lipinski definition) is 1. The molecule has 0 fully saturated rings. The molecule has 1 amide bonds. The Balaban J connectivity index is 2.00. The van der Waals surface area contributed by atoms with Gasteiger partial charge in [-0.3, -0.25) is 9.78 Å². The molecule has 0 saturated heterocycles. The number of carbonyl (C=O) groups is 1. The van der Waals surface area contributed by atoms with Gasteiger partial charge in [0.05, 0.1) is 12.2 Å².